The van der Waals surface area contributed by atoms with Crippen LogP contribution in [0.1, 0.15) is 50.7 Å². The van der Waals surface area contributed by atoms with Crippen LogP contribution < -0.4 is 9.57 Å². The highest BCUT2D eigenvalue weighted by Crippen LogP contribution is 2.43. The Hall–Kier alpha value is -2.25. The number of nitrogens with zero attached hydrogens (tertiary/aromatic N) is 1. The first-order valence-electron chi connectivity index (χ1n) is 9.50. The second-order valence-corrected chi connectivity index (χ2v) is 6.89. The molecule has 0 saturated heterocycles. The number of pyridine rings is 1. The highest BCUT2D eigenvalue weighted by atomic mass is 19.4. The van der Waals surface area contributed by atoms with E-state index in [0.29, 0.717) is 17.1 Å². The minimum Gasteiger partial charge on any atom is -0.271 e. The van der Waals surface area contributed by atoms with Crippen LogP contribution in [0.25, 0.3) is 11.1 Å². The molecule has 2 nitrogen and oxygen atoms in total. The second-order valence-electron chi connectivity index (χ2n) is 6.89. The molecular formula is C21H24F6NO+. The van der Waals surface area contributed by atoms with Gasteiger partial charge in [0.15, 0.2) is 6.61 Å². The summed E-state index contributed by atoms with van der Waals surface area (Å²) in [6, 6.07) is 6.77. The molecule has 1 aromatic heterocycles. The van der Waals surface area contributed by atoms with Crippen LogP contribution in [0.4, 0.5) is 26.3 Å². The van der Waals surface area contributed by atoms with Gasteiger partial charge in [0.2, 0.25) is 12.4 Å². The highest BCUT2D eigenvalue weighted by molar-refractivity contribution is 5.71. The summed E-state index contributed by atoms with van der Waals surface area (Å²) in [5.74, 6) is 0.0555. The molecule has 2 aromatic rings. The molecule has 1 unspecified atom stereocenters. The van der Waals surface area contributed by atoms with Gasteiger partial charge in [0.1, 0.15) is 11.1 Å². The lowest BCUT2D eigenvalue weighted by molar-refractivity contribution is -0.893. The van der Waals surface area contributed by atoms with E-state index in [4.69, 9.17) is 4.84 Å². The molecule has 1 atom stereocenters. The fraction of sp³-hybridized carbons (Fsp3) is 0.476. The molecule has 0 spiro atoms. The van der Waals surface area contributed by atoms with Gasteiger partial charge in [0.05, 0.1) is 0 Å². The van der Waals surface area contributed by atoms with Crippen LogP contribution >= 0.6 is 0 Å². The zero-order valence-corrected chi connectivity index (χ0v) is 16.3. The Morgan fingerprint density at radius 1 is 0.897 bits per heavy atom. The molecule has 0 saturated carbocycles. The number of unbranched alkanes of at least 4 members (excludes halogenated alkanes) is 1. The third kappa shape index (κ3) is 6.11. The number of hydrogen-bond acceptors (Lipinski definition) is 1. The van der Waals surface area contributed by atoms with E-state index in [1.807, 2.05) is 13.8 Å². The maximum atomic E-state index is 13.7. The van der Waals surface area contributed by atoms with Crippen molar-refractivity contribution in [2.75, 3.05) is 6.61 Å². The third-order valence-corrected chi connectivity index (χ3v) is 4.73. The smallest absolute Gasteiger partial charge is 0.271 e. The van der Waals surface area contributed by atoms with Gasteiger partial charge in [-0.2, -0.15) is 26.3 Å². The summed E-state index contributed by atoms with van der Waals surface area (Å²) in [5.41, 5.74) is -3.84. The lowest BCUT2D eigenvalue weighted by Gasteiger charge is -2.17. The van der Waals surface area contributed by atoms with Crippen molar-refractivity contribution in [3.05, 3.63) is 53.9 Å². The molecule has 0 aliphatic carbocycles. The van der Waals surface area contributed by atoms with E-state index in [-0.39, 0.29) is 18.1 Å². The number of benzene rings is 1. The van der Waals surface area contributed by atoms with E-state index in [1.54, 1.807) is 0 Å². The first kappa shape index (κ1) is 23.0. The average Bonchev–Trinajstić information content (AvgIpc) is 2.66. The Morgan fingerprint density at radius 2 is 1.45 bits per heavy atom. The van der Waals surface area contributed by atoms with Crippen LogP contribution in [0.3, 0.4) is 0 Å². The van der Waals surface area contributed by atoms with Crippen molar-refractivity contribution in [3.63, 3.8) is 0 Å². The number of aromatic nitrogens is 1. The first-order valence-corrected chi connectivity index (χ1v) is 9.50. The zero-order chi connectivity index (χ0) is 21.7. The van der Waals surface area contributed by atoms with Gasteiger partial charge in [-0.05, 0) is 24.3 Å². The van der Waals surface area contributed by atoms with Crippen molar-refractivity contribution in [1.82, 2.24) is 0 Å². The van der Waals surface area contributed by atoms with Crippen molar-refractivity contribution in [3.8, 4) is 11.1 Å². The molecule has 29 heavy (non-hydrogen) atoms. The number of rotatable bonds is 8. The van der Waals surface area contributed by atoms with Gasteiger partial charge >= 0.3 is 12.4 Å². The van der Waals surface area contributed by atoms with Crippen LogP contribution in [-0.2, 0) is 12.4 Å². The van der Waals surface area contributed by atoms with Crippen LogP contribution in [-0.4, -0.2) is 6.61 Å². The summed E-state index contributed by atoms with van der Waals surface area (Å²) in [7, 11) is 0. The molecule has 8 heteroatoms. The summed E-state index contributed by atoms with van der Waals surface area (Å²) in [6.45, 7) is 3.96. The minimum atomic E-state index is -4.98. The molecule has 0 aliphatic heterocycles. The summed E-state index contributed by atoms with van der Waals surface area (Å²) in [6.07, 6.45) is -5.40. The van der Waals surface area contributed by atoms with E-state index in [0.717, 1.165) is 25.7 Å². The quantitative estimate of drug-likeness (QED) is 0.360. The Kier molecular flexibility index (Phi) is 7.54. The summed E-state index contributed by atoms with van der Waals surface area (Å²) < 4.78 is 82.6. The summed E-state index contributed by atoms with van der Waals surface area (Å²) >= 11 is 0. The largest absolute Gasteiger partial charge is 0.422 e. The second kappa shape index (κ2) is 9.50. The lowest BCUT2D eigenvalue weighted by atomic mass is 9.96. The molecule has 0 radical (unpaired) electrons. The highest BCUT2D eigenvalue weighted by Gasteiger charge is 2.45. The molecule has 1 aromatic carbocycles. The minimum absolute atomic E-state index is 0.0421. The Labute approximate surface area is 166 Å². The maximum absolute atomic E-state index is 13.7. The molecule has 2 rings (SSSR count). The van der Waals surface area contributed by atoms with Gasteiger partial charge in [-0.15, -0.1) is 0 Å². The molecule has 0 fully saturated rings. The van der Waals surface area contributed by atoms with E-state index < -0.39 is 29.0 Å². The van der Waals surface area contributed by atoms with Crippen molar-refractivity contribution in [1.29, 1.82) is 0 Å². The Bertz CT molecular complexity index is 751. The van der Waals surface area contributed by atoms with Crippen molar-refractivity contribution < 1.29 is 35.9 Å². The van der Waals surface area contributed by atoms with Crippen LogP contribution in [0.2, 0.25) is 0 Å². The predicted molar refractivity (Wildman–Crippen MR) is 96.8 cm³/mol. The van der Waals surface area contributed by atoms with Gasteiger partial charge < -0.3 is 0 Å². The van der Waals surface area contributed by atoms with Crippen molar-refractivity contribution in [2.24, 2.45) is 5.92 Å². The van der Waals surface area contributed by atoms with E-state index in [1.165, 1.54) is 30.3 Å². The fourth-order valence-electron chi connectivity index (χ4n) is 3.08. The Balaban J connectivity index is 2.53. The molecule has 0 bridgehead atoms. The molecule has 160 valence electrons. The fourth-order valence-corrected chi connectivity index (χ4v) is 3.08. The average molecular weight is 420 g/mol. The lowest BCUT2D eigenvalue weighted by Crippen LogP contribution is -2.46. The van der Waals surface area contributed by atoms with Gasteiger partial charge in [-0.25, -0.2) is 0 Å². The van der Waals surface area contributed by atoms with Gasteiger partial charge in [-0.3, -0.25) is 4.84 Å². The van der Waals surface area contributed by atoms with Gasteiger partial charge in [0, 0.05) is 10.3 Å². The van der Waals surface area contributed by atoms with Gasteiger partial charge in [0.25, 0.3) is 0 Å². The molecule has 0 aliphatic rings. The molecule has 1 heterocycles. The van der Waals surface area contributed by atoms with Crippen molar-refractivity contribution >= 4 is 0 Å². The van der Waals surface area contributed by atoms with Crippen LogP contribution in [0.15, 0.2) is 42.7 Å². The molecular weight excluding hydrogens is 396 g/mol. The number of alkyl halides is 6. The standard InChI is InChI=1S/C21H24F6NO/c1-3-5-9-15(4-2)14-29-28-12-17(20(22,23)24)19(16-10-7-6-8-11-16)18(13-28)21(25,26)27/h6-8,10-13,15H,3-5,9,14H2,1-2H3/q+1. The van der Waals surface area contributed by atoms with E-state index in [2.05, 4.69) is 0 Å². The SMILES string of the molecule is CCCCC(CC)CO[n+]1cc(C(F)(F)F)c(-c2ccccc2)c(C(F)(F)F)c1. The summed E-state index contributed by atoms with van der Waals surface area (Å²) in [5, 5.41) is 0. The Morgan fingerprint density at radius 3 is 1.90 bits per heavy atom. The first-order chi connectivity index (χ1) is 13.6. The monoisotopic (exact) mass is 420 g/mol. The van der Waals surface area contributed by atoms with E-state index in [9.17, 15) is 26.3 Å². The molecule has 0 N–H and O–H groups in total. The number of halogens is 6. The van der Waals surface area contributed by atoms with Crippen LogP contribution in [0, 0.1) is 5.92 Å². The topological polar surface area (TPSA) is 13.1 Å². The zero-order valence-electron chi connectivity index (χ0n) is 16.3. The molecule has 0 amide bonds. The number of hydrogen-bond donors (Lipinski definition) is 0. The normalized spacial score (nSPS) is 13.4. The van der Waals surface area contributed by atoms with Gasteiger partial charge in [-0.1, -0.05) is 57.0 Å². The maximum Gasteiger partial charge on any atom is 0.422 e. The van der Waals surface area contributed by atoms with Crippen molar-refractivity contribution in [2.45, 2.75) is 51.9 Å². The third-order valence-electron chi connectivity index (χ3n) is 4.73. The van der Waals surface area contributed by atoms with E-state index >= 15 is 0 Å². The predicted octanol–water partition coefficient (Wildman–Crippen LogP) is 6.32. The van der Waals surface area contributed by atoms with Crippen LogP contribution in [0.5, 0.6) is 0 Å². The summed E-state index contributed by atoms with van der Waals surface area (Å²) in [4.78, 5) is 5.34.